The topological polar surface area (TPSA) is 35.2 Å². The molecule has 2 aliphatic carbocycles. The van der Waals surface area contributed by atoms with Crippen LogP contribution in [0.25, 0.3) is 0 Å². The second-order valence-corrected chi connectivity index (χ2v) is 6.79. The molecule has 98 valence electrons. The molecule has 2 N–H and O–H groups in total. The van der Waals surface area contributed by atoms with E-state index in [2.05, 4.69) is 15.9 Å². The Bertz CT molecular complexity index is 459. The standard InChI is InChI=1S/C14H17BrClNO/c15-9-3-4-10(16)11(7-9)18-13-8-12(17)14(13)5-1-2-6-14/h3-4,7,12-13H,1-2,5-6,8,17H2. The normalized spacial score (nSPS) is 29.3. The third-order valence-electron chi connectivity index (χ3n) is 4.54. The Morgan fingerprint density at radius 2 is 2.06 bits per heavy atom. The summed E-state index contributed by atoms with van der Waals surface area (Å²) in [6, 6.07) is 6.03. The Hall–Kier alpha value is -0.250. The number of hydrogen-bond donors (Lipinski definition) is 1. The van der Waals surface area contributed by atoms with Gasteiger partial charge in [0.2, 0.25) is 0 Å². The summed E-state index contributed by atoms with van der Waals surface area (Å²) in [4.78, 5) is 0. The van der Waals surface area contributed by atoms with Crippen LogP contribution in [0.3, 0.4) is 0 Å². The lowest BCUT2D eigenvalue weighted by atomic mass is 9.61. The van der Waals surface area contributed by atoms with Crippen LogP contribution in [-0.2, 0) is 0 Å². The smallest absolute Gasteiger partial charge is 0.139 e. The first kappa shape index (κ1) is 12.8. The number of benzene rings is 1. The highest BCUT2D eigenvalue weighted by Crippen LogP contribution is 2.54. The number of ether oxygens (including phenoxy) is 1. The van der Waals surface area contributed by atoms with Gasteiger partial charge >= 0.3 is 0 Å². The van der Waals surface area contributed by atoms with Crippen molar-refractivity contribution in [1.29, 1.82) is 0 Å². The van der Waals surface area contributed by atoms with Crippen LogP contribution < -0.4 is 10.5 Å². The van der Waals surface area contributed by atoms with Gasteiger partial charge in [-0.2, -0.15) is 0 Å². The van der Waals surface area contributed by atoms with Crippen LogP contribution in [0, 0.1) is 5.41 Å². The van der Waals surface area contributed by atoms with Gasteiger partial charge in [0.15, 0.2) is 0 Å². The van der Waals surface area contributed by atoms with E-state index in [9.17, 15) is 0 Å². The molecule has 0 bridgehead atoms. The molecular formula is C14H17BrClNO. The molecule has 3 rings (SSSR count). The quantitative estimate of drug-likeness (QED) is 0.884. The summed E-state index contributed by atoms with van der Waals surface area (Å²) in [5.74, 6) is 0.772. The molecule has 2 saturated carbocycles. The van der Waals surface area contributed by atoms with Crippen LogP contribution in [0.1, 0.15) is 32.1 Å². The van der Waals surface area contributed by atoms with Crippen LogP contribution in [0.2, 0.25) is 5.02 Å². The van der Waals surface area contributed by atoms with Crippen molar-refractivity contribution in [3.05, 3.63) is 27.7 Å². The van der Waals surface area contributed by atoms with Gasteiger partial charge in [-0.1, -0.05) is 40.4 Å². The molecule has 4 heteroatoms. The molecule has 0 saturated heterocycles. The fourth-order valence-corrected chi connectivity index (χ4v) is 3.89. The number of halogens is 2. The first-order chi connectivity index (χ1) is 8.62. The fourth-order valence-electron chi connectivity index (χ4n) is 3.39. The van der Waals surface area contributed by atoms with Crippen LogP contribution in [0.4, 0.5) is 0 Å². The predicted molar refractivity (Wildman–Crippen MR) is 77.1 cm³/mol. The molecule has 1 aromatic carbocycles. The van der Waals surface area contributed by atoms with Crippen molar-refractivity contribution in [2.45, 2.75) is 44.2 Å². The summed E-state index contributed by atoms with van der Waals surface area (Å²) in [5.41, 5.74) is 6.42. The van der Waals surface area contributed by atoms with Crippen LogP contribution >= 0.6 is 27.5 Å². The number of nitrogens with two attached hydrogens (primary N) is 1. The summed E-state index contributed by atoms with van der Waals surface area (Å²) in [6.07, 6.45) is 6.14. The van der Waals surface area contributed by atoms with E-state index >= 15 is 0 Å². The average Bonchev–Trinajstić information content (AvgIpc) is 2.85. The maximum absolute atomic E-state index is 6.21. The molecule has 0 heterocycles. The molecule has 0 aliphatic heterocycles. The van der Waals surface area contributed by atoms with Gasteiger partial charge in [0.05, 0.1) is 5.02 Å². The summed E-state index contributed by atoms with van der Waals surface area (Å²) >= 11 is 9.63. The minimum atomic E-state index is 0.214. The van der Waals surface area contributed by atoms with Gasteiger partial charge in [-0.05, 0) is 31.0 Å². The average molecular weight is 331 g/mol. The van der Waals surface area contributed by atoms with Gasteiger partial charge in [0.25, 0.3) is 0 Å². The molecule has 0 aromatic heterocycles. The molecule has 1 spiro atoms. The van der Waals surface area contributed by atoms with Crippen LogP contribution in [0.15, 0.2) is 22.7 Å². The molecule has 0 radical (unpaired) electrons. The first-order valence-corrected chi connectivity index (χ1v) is 7.66. The Kier molecular flexibility index (Phi) is 3.33. The van der Waals surface area contributed by atoms with Crippen molar-refractivity contribution in [2.75, 3.05) is 0 Å². The van der Waals surface area contributed by atoms with E-state index in [1.54, 1.807) is 0 Å². The molecule has 2 atom stereocenters. The second-order valence-electron chi connectivity index (χ2n) is 5.46. The minimum Gasteiger partial charge on any atom is -0.488 e. The molecule has 2 aliphatic rings. The van der Waals surface area contributed by atoms with E-state index in [1.807, 2.05) is 18.2 Å². The molecule has 18 heavy (non-hydrogen) atoms. The van der Waals surface area contributed by atoms with Crippen LogP contribution in [0.5, 0.6) is 5.75 Å². The monoisotopic (exact) mass is 329 g/mol. The predicted octanol–water partition coefficient (Wildman–Crippen LogP) is 4.14. The molecule has 2 nitrogen and oxygen atoms in total. The zero-order valence-electron chi connectivity index (χ0n) is 10.2. The zero-order chi connectivity index (χ0) is 12.8. The summed E-state index contributed by atoms with van der Waals surface area (Å²) in [5, 5.41) is 0.673. The highest BCUT2D eigenvalue weighted by molar-refractivity contribution is 9.10. The third kappa shape index (κ3) is 1.97. The SMILES string of the molecule is NC1CC(Oc2cc(Br)ccc2Cl)C12CCCC2. The number of hydrogen-bond acceptors (Lipinski definition) is 2. The maximum Gasteiger partial charge on any atom is 0.139 e. The van der Waals surface area contributed by atoms with E-state index in [-0.39, 0.29) is 11.5 Å². The van der Waals surface area contributed by atoms with E-state index in [0.717, 1.165) is 16.6 Å². The molecular weight excluding hydrogens is 314 g/mol. The van der Waals surface area contributed by atoms with Crippen molar-refractivity contribution in [1.82, 2.24) is 0 Å². The zero-order valence-corrected chi connectivity index (χ0v) is 12.5. The van der Waals surface area contributed by atoms with Gasteiger partial charge in [-0.15, -0.1) is 0 Å². The summed E-state index contributed by atoms with van der Waals surface area (Å²) in [6.45, 7) is 0. The van der Waals surface area contributed by atoms with Gasteiger partial charge < -0.3 is 10.5 Å². The Balaban J connectivity index is 1.79. The lowest BCUT2D eigenvalue weighted by molar-refractivity contribution is -0.0619. The Morgan fingerprint density at radius 1 is 1.33 bits per heavy atom. The Morgan fingerprint density at radius 3 is 2.72 bits per heavy atom. The minimum absolute atomic E-state index is 0.214. The molecule has 2 unspecified atom stereocenters. The van der Waals surface area contributed by atoms with E-state index in [4.69, 9.17) is 22.1 Å². The van der Waals surface area contributed by atoms with Crippen molar-refractivity contribution in [3.8, 4) is 5.75 Å². The molecule has 2 fully saturated rings. The van der Waals surface area contributed by atoms with E-state index < -0.39 is 0 Å². The third-order valence-corrected chi connectivity index (χ3v) is 5.35. The maximum atomic E-state index is 6.21. The van der Waals surface area contributed by atoms with Gasteiger partial charge in [-0.3, -0.25) is 0 Å². The van der Waals surface area contributed by atoms with Gasteiger partial charge in [0.1, 0.15) is 11.9 Å². The lowest BCUT2D eigenvalue weighted by Crippen LogP contribution is -2.62. The van der Waals surface area contributed by atoms with Crippen molar-refractivity contribution >= 4 is 27.5 Å². The molecule has 1 aromatic rings. The van der Waals surface area contributed by atoms with E-state index in [1.165, 1.54) is 25.7 Å². The summed E-state index contributed by atoms with van der Waals surface area (Å²) < 4.78 is 7.12. The first-order valence-electron chi connectivity index (χ1n) is 6.49. The van der Waals surface area contributed by atoms with Gasteiger partial charge in [0, 0.05) is 22.4 Å². The number of rotatable bonds is 2. The summed E-state index contributed by atoms with van der Waals surface area (Å²) in [7, 11) is 0. The van der Waals surface area contributed by atoms with Gasteiger partial charge in [-0.25, -0.2) is 0 Å². The van der Waals surface area contributed by atoms with Crippen molar-refractivity contribution in [2.24, 2.45) is 11.1 Å². The van der Waals surface area contributed by atoms with Crippen molar-refractivity contribution < 1.29 is 4.74 Å². The lowest BCUT2D eigenvalue weighted by Gasteiger charge is -2.52. The largest absolute Gasteiger partial charge is 0.488 e. The Labute approximate surface area is 121 Å². The van der Waals surface area contributed by atoms with Crippen LogP contribution in [-0.4, -0.2) is 12.1 Å². The highest BCUT2D eigenvalue weighted by atomic mass is 79.9. The highest BCUT2D eigenvalue weighted by Gasteiger charge is 2.56. The van der Waals surface area contributed by atoms with E-state index in [0.29, 0.717) is 11.1 Å². The molecule has 0 amide bonds. The second kappa shape index (κ2) is 4.69. The fraction of sp³-hybridized carbons (Fsp3) is 0.571. The van der Waals surface area contributed by atoms with Crippen molar-refractivity contribution in [3.63, 3.8) is 0 Å².